The van der Waals surface area contributed by atoms with Gasteiger partial charge >= 0.3 is 0 Å². The normalized spacial score (nSPS) is 9.58. The van der Waals surface area contributed by atoms with Gasteiger partial charge in [-0.25, -0.2) is 4.98 Å². The number of carbonyl (C=O) groups is 1. The summed E-state index contributed by atoms with van der Waals surface area (Å²) < 4.78 is 5.43. The topological polar surface area (TPSA) is 63.2 Å². The Morgan fingerprint density at radius 1 is 1.21 bits per heavy atom. The van der Waals surface area contributed by atoms with Gasteiger partial charge in [0.15, 0.2) is 0 Å². The number of carbonyl (C=O) groups excluding carboxylic acids is 1. The van der Waals surface area contributed by atoms with Gasteiger partial charge in [0.25, 0.3) is 0 Å². The predicted octanol–water partition coefficient (Wildman–Crippen LogP) is 2.93. The average Bonchev–Trinajstić information content (AvgIpc) is 2.97. The number of thiazole rings is 1. The fourth-order valence-corrected chi connectivity index (χ4v) is 2.76. The molecule has 2 rings (SSSR count). The number of nitrogens with one attached hydrogen (secondary N) is 2. The van der Waals surface area contributed by atoms with Crippen LogP contribution in [0.5, 0.6) is 5.75 Å². The lowest BCUT2D eigenvalue weighted by molar-refractivity contribution is -0.120. The molecule has 0 radical (unpaired) electrons. The summed E-state index contributed by atoms with van der Waals surface area (Å²) in [7, 11) is 1.86. The number of nitrogens with zero attached hydrogens (tertiary/aromatic N) is 1. The lowest BCUT2D eigenvalue weighted by atomic mass is 10.2. The lowest BCUT2D eigenvalue weighted by Crippen LogP contribution is -2.31. The minimum absolute atomic E-state index is 0. The maximum Gasteiger partial charge on any atom is 0.226 e. The number of ether oxygens (including phenoxy) is 1. The second kappa shape index (κ2) is 12.1. The summed E-state index contributed by atoms with van der Waals surface area (Å²) in [6.07, 6.45) is 0.317. The zero-order valence-corrected chi connectivity index (χ0v) is 16.2. The van der Waals surface area contributed by atoms with Crippen molar-refractivity contribution in [1.29, 1.82) is 0 Å². The minimum Gasteiger partial charge on any atom is -0.494 e. The Morgan fingerprint density at radius 2 is 1.92 bits per heavy atom. The summed E-state index contributed by atoms with van der Waals surface area (Å²) in [6, 6.07) is 7.84. The van der Waals surface area contributed by atoms with Crippen LogP contribution in [0.15, 0.2) is 29.6 Å². The summed E-state index contributed by atoms with van der Waals surface area (Å²) in [5.74, 6) is 0.853. The third kappa shape index (κ3) is 7.05. The smallest absolute Gasteiger partial charge is 0.226 e. The van der Waals surface area contributed by atoms with Gasteiger partial charge in [-0.1, -0.05) is 0 Å². The van der Waals surface area contributed by atoms with Crippen LogP contribution in [0.2, 0.25) is 0 Å². The Labute approximate surface area is 159 Å². The molecule has 2 aromatic rings. The van der Waals surface area contributed by atoms with E-state index < -0.39 is 0 Å². The first-order valence-electron chi connectivity index (χ1n) is 7.32. The molecule has 0 aliphatic carbocycles. The number of amides is 1. The van der Waals surface area contributed by atoms with E-state index in [4.69, 9.17) is 4.74 Å². The zero-order chi connectivity index (χ0) is 15.8. The van der Waals surface area contributed by atoms with Crippen LogP contribution < -0.4 is 15.4 Å². The van der Waals surface area contributed by atoms with Crippen molar-refractivity contribution < 1.29 is 9.53 Å². The predicted molar refractivity (Wildman–Crippen MR) is 104 cm³/mol. The summed E-state index contributed by atoms with van der Waals surface area (Å²) >= 11 is 1.55. The molecular weight excluding hydrogens is 369 g/mol. The second-order valence-electron chi connectivity index (χ2n) is 4.73. The first-order chi connectivity index (χ1) is 10.7. The van der Waals surface area contributed by atoms with Crippen molar-refractivity contribution in [1.82, 2.24) is 15.6 Å². The third-order valence-corrected chi connectivity index (χ3v) is 3.94. The SMILES string of the molecule is CCOc1ccc(-c2nc(CC(=O)NCCNC)cs2)cc1.Cl.Cl. The van der Waals surface area contributed by atoms with E-state index in [2.05, 4.69) is 15.6 Å². The number of aromatic nitrogens is 1. The highest BCUT2D eigenvalue weighted by Gasteiger charge is 2.09. The Bertz CT molecular complexity index is 606. The maximum absolute atomic E-state index is 11.8. The molecule has 0 atom stereocenters. The molecular formula is C16H23Cl2N3O2S. The number of likely N-dealkylation sites (N-methyl/N-ethyl adjacent to an activating group) is 1. The average molecular weight is 392 g/mol. The molecule has 0 saturated heterocycles. The Hall–Kier alpha value is -1.34. The Morgan fingerprint density at radius 3 is 2.54 bits per heavy atom. The number of benzene rings is 1. The van der Waals surface area contributed by atoms with Crippen LogP contribution in [-0.4, -0.2) is 37.6 Å². The second-order valence-corrected chi connectivity index (χ2v) is 5.59. The molecule has 1 aromatic carbocycles. The van der Waals surface area contributed by atoms with E-state index in [1.807, 2.05) is 43.6 Å². The van der Waals surface area contributed by atoms with Crippen LogP contribution >= 0.6 is 36.2 Å². The minimum atomic E-state index is -0.00112. The molecule has 24 heavy (non-hydrogen) atoms. The zero-order valence-electron chi connectivity index (χ0n) is 13.7. The fraction of sp³-hybridized carbons (Fsp3) is 0.375. The lowest BCUT2D eigenvalue weighted by Gasteiger charge is -2.03. The molecule has 134 valence electrons. The molecule has 0 aliphatic rings. The van der Waals surface area contributed by atoms with E-state index in [1.165, 1.54) is 0 Å². The number of hydrogen-bond donors (Lipinski definition) is 2. The quantitative estimate of drug-likeness (QED) is 0.678. The summed E-state index contributed by atoms with van der Waals surface area (Å²) in [4.78, 5) is 16.3. The first-order valence-corrected chi connectivity index (χ1v) is 8.19. The van der Waals surface area contributed by atoms with Crippen molar-refractivity contribution in [3.63, 3.8) is 0 Å². The highest BCUT2D eigenvalue weighted by Crippen LogP contribution is 2.25. The van der Waals surface area contributed by atoms with Gasteiger partial charge in [0.2, 0.25) is 5.91 Å². The van der Waals surface area contributed by atoms with E-state index in [0.717, 1.165) is 28.6 Å². The molecule has 0 fully saturated rings. The Kier molecular flexibility index (Phi) is 11.4. The molecule has 0 aliphatic heterocycles. The van der Waals surface area contributed by atoms with Crippen LogP contribution in [0.4, 0.5) is 0 Å². The molecule has 2 N–H and O–H groups in total. The molecule has 8 heteroatoms. The fourth-order valence-electron chi connectivity index (χ4n) is 1.94. The van der Waals surface area contributed by atoms with Crippen molar-refractivity contribution in [2.75, 3.05) is 26.7 Å². The molecule has 0 bridgehead atoms. The van der Waals surface area contributed by atoms with Gasteiger partial charge in [0.1, 0.15) is 10.8 Å². The van der Waals surface area contributed by atoms with E-state index in [-0.39, 0.29) is 30.7 Å². The first kappa shape index (κ1) is 22.7. The van der Waals surface area contributed by atoms with Crippen LogP contribution in [-0.2, 0) is 11.2 Å². The van der Waals surface area contributed by atoms with Gasteiger partial charge in [0.05, 0.1) is 18.7 Å². The number of hydrogen-bond acceptors (Lipinski definition) is 5. The van der Waals surface area contributed by atoms with Gasteiger partial charge < -0.3 is 15.4 Å². The molecule has 1 aromatic heterocycles. The van der Waals surface area contributed by atoms with Crippen molar-refractivity contribution in [3.8, 4) is 16.3 Å². The van der Waals surface area contributed by atoms with Crippen LogP contribution in [0.25, 0.3) is 10.6 Å². The summed E-state index contributed by atoms with van der Waals surface area (Å²) in [5, 5.41) is 8.69. The van der Waals surface area contributed by atoms with Gasteiger partial charge in [-0.15, -0.1) is 36.2 Å². The molecule has 1 amide bonds. The van der Waals surface area contributed by atoms with Gasteiger partial charge in [-0.2, -0.15) is 0 Å². The largest absolute Gasteiger partial charge is 0.494 e. The highest BCUT2D eigenvalue weighted by molar-refractivity contribution is 7.13. The van der Waals surface area contributed by atoms with E-state index in [0.29, 0.717) is 19.6 Å². The van der Waals surface area contributed by atoms with Crippen LogP contribution in [0.3, 0.4) is 0 Å². The van der Waals surface area contributed by atoms with Crippen LogP contribution in [0, 0.1) is 0 Å². The van der Waals surface area contributed by atoms with Crippen molar-refractivity contribution in [2.45, 2.75) is 13.3 Å². The maximum atomic E-state index is 11.8. The monoisotopic (exact) mass is 391 g/mol. The van der Waals surface area contributed by atoms with Crippen LogP contribution in [0.1, 0.15) is 12.6 Å². The van der Waals surface area contributed by atoms with Gasteiger partial charge in [-0.3, -0.25) is 4.79 Å². The Balaban J connectivity index is 0.00000264. The molecule has 5 nitrogen and oxygen atoms in total. The molecule has 0 unspecified atom stereocenters. The standard InChI is InChI=1S/C16H21N3O2S.2ClH/c1-3-21-14-6-4-12(5-7-14)16-19-13(11-22-16)10-15(20)18-9-8-17-2;;/h4-7,11,17H,3,8-10H2,1-2H3,(H,18,20);2*1H. The third-order valence-electron chi connectivity index (χ3n) is 3.00. The summed E-state index contributed by atoms with van der Waals surface area (Å²) in [6.45, 7) is 4.01. The number of rotatable bonds is 8. The van der Waals surface area contributed by atoms with E-state index >= 15 is 0 Å². The molecule has 1 heterocycles. The van der Waals surface area contributed by atoms with Gasteiger partial charge in [0, 0.05) is 24.0 Å². The van der Waals surface area contributed by atoms with E-state index in [1.54, 1.807) is 11.3 Å². The van der Waals surface area contributed by atoms with Gasteiger partial charge in [-0.05, 0) is 38.2 Å². The molecule has 0 saturated carbocycles. The summed E-state index contributed by atoms with van der Waals surface area (Å²) in [5.41, 5.74) is 1.84. The number of halogens is 2. The highest BCUT2D eigenvalue weighted by atomic mass is 35.5. The van der Waals surface area contributed by atoms with Crippen molar-refractivity contribution >= 4 is 42.1 Å². The van der Waals surface area contributed by atoms with Crippen molar-refractivity contribution in [2.24, 2.45) is 0 Å². The van der Waals surface area contributed by atoms with E-state index in [9.17, 15) is 4.79 Å². The van der Waals surface area contributed by atoms with Crippen molar-refractivity contribution in [3.05, 3.63) is 35.3 Å². The molecule has 0 spiro atoms.